The van der Waals surface area contributed by atoms with Crippen LogP contribution in [0.3, 0.4) is 0 Å². The summed E-state index contributed by atoms with van der Waals surface area (Å²) in [5.74, 6) is -0.349. The van der Waals surface area contributed by atoms with Crippen molar-refractivity contribution in [1.82, 2.24) is 10.2 Å². The van der Waals surface area contributed by atoms with Gasteiger partial charge in [0.25, 0.3) is 11.8 Å². The third-order valence-corrected chi connectivity index (χ3v) is 6.53. The number of amides is 2. The fourth-order valence-corrected chi connectivity index (χ4v) is 4.72. The van der Waals surface area contributed by atoms with E-state index in [0.29, 0.717) is 40.7 Å². The molecule has 2 N–H and O–H groups in total. The van der Waals surface area contributed by atoms with Crippen molar-refractivity contribution in [2.24, 2.45) is 0 Å². The number of nitrogens with one attached hydrogen (secondary N) is 2. The second-order valence-corrected chi connectivity index (χ2v) is 8.66. The van der Waals surface area contributed by atoms with Gasteiger partial charge in [0.15, 0.2) is 0 Å². The molecule has 6 nitrogen and oxygen atoms in total. The molecule has 1 unspecified atom stereocenters. The third-order valence-electron chi connectivity index (χ3n) is 6.53. The van der Waals surface area contributed by atoms with Gasteiger partial charge in [0.2, 0.25) is 0 Å². The third kappa shape index (κ3) is 4.39. The van der Waals surface area contributed by atoms with Gasteiger partial charge >= 0.3 is 0 Å². The van der Waals surface area contributed by atoms with Crippen LogP contribution in [0.4, 0.5) is 10.1 Å². The van der Waals surface area contributed by atoms with Gasteiger partial charge in [0.1, 0.15) is 11.6 Å². The Balaban J connectivity index is 1.32. The van der Waals surface area contributed by atoms with Crippen LogP contribution in [0.5, 0.6) is 0 Å². The number of nitrogens with zero attached hydrogens (tertiary/aromatic N) is 1. The summed E-state index contributed by atoms with van der Waals surface area (Å²) >= 11 is 0. The van der Waals surface area contributed by atoms with E-state index >= 15 is 0 Å². The number of carbonyl (C=O) groups excluding carboxylic acids is 2. The normalized spacial score (nSPS) is 18.8. The maximum Gasteiger partial charge on any atom is 0.256 e. The van der Waals surface area contributed by atoms with Crippen molar-refractivity contribution in [3.8, 4) is 11.1 Å². The quantitative estimate of drug-likeness (QED) is 0.520. The number of benzene rings is 2. The minimum atomic E-state index is -0.410. The number of rotatable bonds is 6. The number of anilines is 1. The van der Waals surface area contributed by atoms with E-state index in [2.05, 4.69) is 22.5 Å². The molecule has 2 aromatic carbocycles. The Labute approximate surface area is 197 Å². The standard InChI is InChI=1S/C27H26FN3O3/c1-2-31-10-4-7-21(31)15-29-26(32)18-6-3-5-17(11-18)19-12-22(34-16-19)14-24-23-13-20(28)8-9-25(23)30-27(24)33/h3,5-6,8-9,11-14,16,21H,2,4,7,10,15H2,1H3,(H,29,32)(H,30,33)/b24-14+. The van der Waals surface area contributed by atoms with Crippen LogP contribution in [-0.4, -0.2) is 42.4 Å². The second-order valence-electron chi connectivity index (χ2n) is 8.66. The first kappa shape index (κ1) is 22.1. The number of likely N-dealkylation sites (N-methyl/N-ethyl adjacent to an activating group) is 1. The van der Waals surface area contributed by atoms with Gasteiger partial charge in [-0.1, -0.05) is 19.1 Å². The van der Waals surface area contributed by atoms with Crippen LogP contribution in [0.15, 0.2) is 59.2 Å². The van der Waals surface area contributed by atoms with E-state index in [9.17, 15) is 14.0 Å². The first-order valence-corrected chi connectivity index (χ1v) is 11.6. The van der Waals surface area contributed by atoms with Gasteiger partial charge in [-0.25, -0.2) is 4.39 Å². The lowest BCUT2D eigenvalue weighted by Crippen LogP contribution is -2.40. The second kappa shape index (κ2) is 9.27. The Morgan fingerprint density at radius 2 is 2.12 bits per heavy atom. The van der Waals surface area contributed by atoms with Gasteiger partial charge in [-0.15, -0.1) is 0 Å². The predicted molar refractivity (Wildman–Crippen MR) is 130 cm³/mol. The van der Waals surface area contributed by atoms with Crippen LogP contribution >= 0.6 is 0 Å². The van der Waals surface area contributed by atoms with E-state index in [0.717, 1.165) is 30.6 Å². The summed E-state index contributed by atoms with van der Waals surface area (Å²) in [6, 6.07) is 13.7. The van der Waals surface area contributed by atoms with Crippen molar-refractivity contribution in [3.63, 3.8) is 0 Å². The van der Waals surface area contributed by atoms with Crippen molar-refractivity contribution in [3.05, 3.63) is 77.5 Å². The van der Waals surface area contributed by atoms with Gasteiger partial charge in [-0.2, -0.15) is 0 Å². The molecule has 1 fully saturated rings. The zero-order valence-corrected chi connectivity index (χ0v) is 18.9. The number of hydrogen-bond donors (Lipinski definition) is 2. The van der Waals surface area contributed by atoms with Crippen LogP contribution in [-0.2, 0) is 4.79 Å². The van der Waals surface area contributed by atoms with Crippen LogP contribution < -0.4 is 10.6 Å². The summed E-state index contributed by atoms with van der Waals surface area (Å²) in [4.78, 5) is 27.5. The number of carbonyl (C=O) groups is 2. The van der Waals surface area contributed by atoms with Crippen molar-refractivity contribution in [2.45, 2.75) is 25.8 Å². The van der Waals surface area contributed by atoms with E-state index in [1.165, 1.54) is 18.6 Å². The van der Waals surface area contributed by atoms with Crippen LogP contribution in [0, 0.1) is 5.82 Å². The summed E-state index contributed by atoms with van der Waals surface area (Å²) < 4.78 is 19.3. The van der Waals surface area contributed by atoms with Crippen LogP contribution in [0.1, 0.15) is 41.4 Å². The van der Waals surface area contributed by atoms with Gasteiger partial charge in [-0.3, -0.25) is 14.5 Å². The average Bonchev–Trinajstić information content (AvgIpc) is 3.57. The van der Waals surface area contributed by atoms with E-state index in [1.807, 2.05) is 18.2 Å². The summed E-state index contributed by atoms with van der Waals surface area (Å²) in [5.41, 5.74) is 3.62. The van der Waals surface area contributed by atoms with E-state index < -0.39 is 5.82 Å². The van der Waals surface area contributed by atoms with Gasteiger partial charge in [-0.05, 0) is 74.0 Å². The molecular formula is C27H26FN3O3. The molecule has 0 saturated carbocycles. The molecule has 5 rings (SSSR count). The van der Waals surface area contributed by atoms with E-state index in [1.54, 1.807) is 30.5 Å². The minimum Gasteiger partial charge on any atom is -0.464 e. The van der Waals surface area contributed by atoms with E-state index in [-0.39, 0.29) is 11.8 Å². The fourth-order valence-electron chi connectivity index (χ4n) is 4.72. The Kier molecular flexibility index (Phi) is 6.02. The average molecular weight is 460 g/mol. The molecule has 2 aliphatic rings. The Bertz CT molecular complexity index is 1280. The highest BCUT2D eigenvalue weighted by Crippen LogP contribution is 2.34. The Hall–Kier alpha value is -3.71. The summed E-state index contributed by atoms with van der Waals surface area (Å²) in [6.45, 7) is 4.88. The molecule has 3 aromatic rings. The highest BCUT2D eigenvalue weighted by atomic mass is 19.1. The highest BCUT2D eigenvalue weighted by Gasteiger charge is 2.25. The summed E-state index contributed by atoms with van der Waals surface area (Å²) in [7, 11) is 0. The molecular weight excluding hydrogens is 433 g/mol. The maximum absolute atomic E-state index is 13.7. The molecule has 2 amide bonds. The number of fused-ring (bicyclic) bond motifs is 1. The number of halogens is 1. The summed E-state index contributed by atoms with van der Waals surface area (Å²) in [6.07, 6.45) is 5.46. The van der Waals surface area contributed by atoms with Crippen LogP contribution in [0.2, 0.25) is 0 Å². The molecule has 2 aliphatic heterocycles. The lowest BCUT2D eigenvalue weighted by atomic mass is 10.0. The Morgan fingerprint density at radius 1 is 1.24 bits per heavy atom. The highest BCUT2D eigenvalue weighted by molar-refractivity contribution is 6.34. The minimum absolute atomic E-state index is 0.100. The van der Waals surface area contributed by atoms with Gasteiger partial charge in [0.05, 0.1) is 11.8 Å². The SMILES string of the molecule is CCN1CCCC1CNC(=O)c1cccc(-c2coc(/C=C3/C(=O)Nc4ccc(F)cc43)c2)c1. The first-order chi connectivity index (χ1) is 16.5. The molecule has 1 atom stereocenters. The lowest BCUT2D eigenvalue weighted by Gasteiger charge is -2.22. The Morgan fingerprint density at radius 3 is 2.97 bits per heavy atom. The van der Waals surface area contributed by atoms with Crippen molar-refractivity contribution >= 4 is 29.2 Å². The number of hydrogen-bond acceptors (Lipinski definition) is 4. The molecule has 0 bridgehead atoms. The maximum atomic E-state index is 13.7. The van der Waals surface area contributed by atoms with Crippen molar-refractivity contribution in [2.75, 3.05) is 25.0 Å². The smallest absolute Gasteiger partial charge is 0.256 e. The molecule has 3 heterocycles. The fraction of sp³-hybridized carbons (Fsp3) is 0.259. The van der Waals surface area contributed by atoms with Crippen molar-refractivity contribution in [1.29, 1.82) is 0 Å². The predicted octanol–water partition coefficient (Wildman–Crippen LogP) is 4.79. The number of likely N-dealkylation sites (tertiary alicyclic amines) is 1. The molecule has 1 saturated heterocycles. The van der Waals surface area contributed by atoms with Crippen molar-refractivity contribution < 1.29 is 18.4 Å². The largest absolute Gasteiger partial charge is 0.464 e. The van der Waals surface area contributed by atoms with Crippen LogP contribution in [0.25, 0.3) is 22.8 Å². The molecule has 174 valence electrons. The van der Waals surface area contributed by atoms with Gasteiger partial charge in [0, 0.05) is 35.0 Å². The zero-order valence-electron chi connectivity index (χ0n) is 18.9. The molecule has 34 heavy (non-hydrogen) atoms. The topological polar surface area (TPSA) is 74.6 Å². The summed E-state index contributed by atoms with van der Waals surface area (Å²) in [5, 5.41) is 5.80. The lowest BCUT2D eigenvalue weighted by molar-refractivity contribution is -0.110. The first-order valence-electron chi connectivity index (χ1n) is 11.6. The number of furan rings is 1. The molecule has 0 aliphatic carbocycles. The zero-order chi connectivity index (χ0) is 23.7. The molecule has 7 heteroatoms. The monoisotopic (exact) mass is 459 g/mol. The molecule has 0 radical (unpaired) electrons. The molecule has 0 spiro atoms. The van der Waals surface area contributed by atoms with Gasteiger partial charge < -0.3 is 15.1 Å². The molecule has 1 aromatic heterocycles. The van der Waals surface area contributed by atoms with E-state index in [4.69, 9.17) is 4.42 Å².